The van der Waals surface area contributed by atoms with Gasteiger partial charge in [-0.05, 0) is 31.5 Å². The van der Waals surface area contributed by atoms with E-state index in [-0.39, 0.29) is 19.0 Å². The molecule has 1 N–H and O–H groups in total. The highest BCUT2D eigenvalue weighted by Gasteiger charge is 2.31. The molecule has 2 aromatic carbocycles. The standard InChI is InChI=1S/C20H22N4O3S/c1-14-6-7-18(15(2)12-14)28(26,27)24-10-8-23(9-11-24)20(25)17-5-3-4-16-13-21-22-19(16)17/h3-7,12-13H,8-11H2,1-2H3,(H,21,22). The molecular weight excluding hydrogens is 376 g/mol. The molecule has 1 aliphatic rings. The average Bonchev–Trinajstić information content (AvgIpc) is 3.16. The van der Waals surface area contributed by atoms with Crippen LogP contribution in [0.25, 0.3) is 10.9 Å². The van der Waals surface area contributed by atoms with E-state index in [9.17, 15) is 13.2 Å². The molecule has 0 unspecified atom stereocenters. The summed E-state index contributed by atoms with van der Waals surface area (Å²) in [4.78, 5) is 15.0. The van der Waals surface area contributed by atoms with Crippen molar-refractivity contribution >= 4 is 26.8 Å². The molecule has 1 aromatic heterocycles. The highest BCUT2D eigenvalue weighted by molar-refractivity contribution is 7.89. The van der Waals surface area contributed by atoms with Gasteiger partial charge >= 0.3 is 0 Å². The lowest BCUT2D eigenvalue weighted by atomic mass is 10.1. The number of hydrogen-bond donors (Lipinski definition) is 1. The number of fused-ring (bicyclic) bond motifs is 1. The molecule has 7 nitrogen and oxygen atoms in total. The molecule has 3 aromatic rings. The van der Waals surface area contributed by atoms with Gasteiger partial charge < -0.3 is 4.90 Å². The molecule has 8 heteroatoms. The van der Waals surface area contributed by atoms with E-state index >= 15 is 0 Å². The van der Waals surface area contributed by atoms with Crippen molar-refractivity contribution in [3.05, 3.63) is 59.3 Å². The Kier molecular flexibility index (Phi) is 4.68. The quantitative estimate of drug-likeness (QED) is 0.734. The molecule has 0 saturated carbocycles. The van der Waals surface area contributed by atoms with E-state index in [1.54, 1.807) is 23.2 Å². The number of rotatable bonds is 3. The summed E-state index contributed by atoms with van der Waals surface area (Å²) in [6.45, 7) is 5.01. The second kappa shape index (κ2) is 7.03. The summed E-state index contributed by atoms with van der Waals surface area (Å²) < 4.78 is 27.5. The Labute approximate surface area is 164 Å². The molecule has 0 atom stereocenters. The maximum Gasteiger partial charge on any atom is 0.256 e. The number of nitrogens with zero attached hydrogens (tertiary/aromatic N) is 3. The van der Waals surface area contributed by atoms with E-state index < -0.39 is 10.0 Å². The van der Waals surface area contributed by atoms with Crippen LogP contribution in [0.4, 0.5) is 0 Å². The van der Waals surface area contributed by atoms with Gasteiger partial charge in [-0.1, -0.05) is 29.8 Å². The summed E-state index contributed by atoms with van der Waals surface area (Å²) in [6, 6.07) is 10.8. The minimum atomic E-state index is -3.57. The van der Waals surface area contributed by atoms with Crippen LogP contribution in [0.15, 0.2) is 47.5 Å². The van der Waals surface area contributed by atoms with Crippen molar-refractivity contribution in [2.45, 2.75) is 18.7 Å². The number of aromatic amines is 1. The van der Waals surface area contributed by atoms with Gasteiger partial charge in [0, 0.05) is 31.6 Å². The highest BCUT2D eigenvalue weighted by atomic mass is 32.2. The Morgan fingerprint density at radius 2 is 1.82 bits per heavy atom. The van der Waals surface area contributed by atoms with E-state index in [4.69, 9.17) is 0 Å². The summed E-state index contributed by atoms with van der Waals surface area (Å²) in [5.41, 5.74) is 3.03. The Morgan fingerprint density at radius 1 is 1.07 bits per heavy atom. The SMILES string of the molecule is Cc1ccc(S(=O)(=O)N2CCN(C(=O)c3cccc4cn[nH]c34)CC2)c(C)c1. The van der Waals surface area contributed by atoms with E-state index in [0.717, 1.165) is 16.5 Å². The van der Waals surface area contributed by atoms with Gasteiger partial charge in [0.25, 0.3) is 5.91 Å². The van der Waals surface area contributed by atoms with Crippen molar-refractivity contribution in [2.75, 3.05) is 26.2 Å². The average molecular weight is 398 g/mol. The number of carbonyl (C=O) groups is 1. The summed E-state index contributed by atoms with van der Waals surface area (Å²) in [6.07, 6.45) is 1.68. The molecule has 1 aliphatic heterocycles. The first-order chi connectivity index (χ1) is 13.4. The number of sulfonamides is 1. The van der Waals surface area contributed by atoms with Crippen LogP contribution in [0.3, 0.4) is 0 Å². The largest absolute Gasteiger partial charge is 0.336 e. The van der Waals surface area contributed by atoms with Crippen LogP contribution in [-0.4, -0.2) is 59.9 Å². The topological polar surface area (TPSA) is 86.4 Å². The van der Waals surface area contributed by atoms with Gasteiger partial charge in [0.05, 0.1) is 22.2 Å². The van der Waals surface area contributed by atoms with Crippen molar-refractivity contribution in [3.63, 3.8) is 0 Å². The van der Waals surface area contributed by atoms with Crippen LogP contribution >= 0.6 is 0 Å². The van der Waals surface area contributed by atoms with Gasteiger partial charge in [0.15, 0.2) is 0 Å². The van der Waals surface area contributed by atoms with E-state index in [1.807, 2.05) is 38.1 Å². The van der Waals surface area contributed by atoms with Crippen molar-refractivity contribution in [1.29, 1.82) is 0 Å². The number of piperazine rings is 1. The van der Waals surface area contributed by atoms with Crippen LogP contribution < -0.4 is 0 Å². The van der Waals surface area contributed by atoms with Gasteiger partial charge in [0.1, 0.15) is 0 Å². The zero-order valence-electron chi connectivity index (χ0n) is 15.8. The third-order valence-corrected chi connectivity index (χ3v) is 7.24. The van der Waals surface area contributed by atoms with Gasteiger partial charge in [0.2, 0.25) is 10.0 Å². The highest BCUT2D eigenvalue weighted by Crippen LogP contribution is 2.23. The number of aryl methyl sites for hydroxylation is 2. The number of carbonyl (C=O) groups excluding carboxylic acids is 1. The lowest BCUT2D eigenvalue weighted by Gasteiger charge is -2.34. The van der Waals surface area contributed by atoms with Gasteiger partial charge in [-0.15, -0.1) is 0 Å². The summed E-state index contributed by atoms with van der Waals surface area (Å²) in [5, 5.41) is 7.74. The fourth-order valence-corrected chi connectivity index (χ4v) is 5.30. The smallest absolute Gasteiger partial charge is 0.256 e. The lowest BCUT2D eigenvalue weighted by Crippen LogP contribution is -2.50. The number of benzene rings is 2. The molecule has 0 spiro atoms. The fraction of sp³-hybridized carbons (Fsp3) is 0.300. The van der Waals surface area contributed by atoms with Crippen LogP contribution in [0.2, 0.25) is 0 Å². The number of para-hydroxylation sites is 1. The molecule has 1 fully saturated rings. The maximum atomic E-state index is 13.0. The van der Waals surface area contributed by atoms with Crippen LogP contribution in [-0.2, 0) is 10.0 Å². The predicted octanol–water partition coefficient (Wildman–Crippen LogP) is 2.33. The number of nitrogens with one attached hydrogen (secondary N) is 1. The van der Waals surface area contributed by atoms with Gasteiger partial charge in [-0.25, -0.2) is 8.42 Å². The Bertz CT molecular complexity index is 1150. The minimum absolute atomic E-state index is 0.113. The Hall–Kier alpha value is -2.71. The van der Waals surface area contributed by atoms with Gasteiger partial charge in [-0.3, -0.25) is 9.89 Å². The monoisotopic (exact) mass is 398 g/mol. The summed E-state index contributed by atoms with van der Waals surface area (Å²) in [5.74, 6) is -0.113. The predicted molar refractivity (Wildman–Crippen MR) is 107 cm³/mol. The first-order valence-electron chi connectivity index (χ1n) is 9.17. The van der Waals surface area contributed by atoms with Crippen molar-refractivity contribution < 1.29 is 13.2 Å². The van der Waals surface area contributed by atoms with Crippen LogP contribution in [0.1, 0.15) is 21.5 Å². The van der Waals surface area contributed by atoms with E-state index in [2.05, 4.69) is 10.2 Å². The molecule has 1 amide bonds. The van der Waals surface area contributed by atoms with Crippen molar-refractivity contribution in [3.8, 4) is 0 Å². The molecule has 0 aliphatic carbocycles. The first kappa shape index (κ1) is 18.6. The first-order valence-corrected chi connectivity index (χ1v) is 10.6. The zero-order valence-corrected chi connectivity index (χ0v) is 16.7. The number of hydrogen-bond acceptors (Lipinski definition) is 4. The Morgan fingerprint density at radius 3 is 2.54 bits per heavy atom. The Balaban J connectivity index is 1.51. The molecule has 0 bridgehead atoms. The fourth-order valence-electron chi connectivity index (χ4n) is 3.68. The van der Waals surface area contributed by atoms with E-state index in [0.29, 0.717) is 29.1 Å². The molecule has 1 saturated heterocycles. The van der Waals surface area contributed by atoms with E-state index in [1.165, 1.54) is 4.31 Å². The second-order valence-electron chi connectivity index (χ2n) is 7.11. The third-order valence-electron chi connectivity index (χ3n) is 5.18. The minimum Gasteiger partial charge on any atom is -0.336 e. The second-order valence-corrected chi connectivity index (χ2v) is 9.01. The zero-order chi connectivity index (χ0) is 19.9. The number of aromatic nitrogens is 2. The molecule has 4 rings (SSSR count). The summed E-state index contributed by atoms with van der Waals surface area (Å²) >= 11 is 0. The lowest BCUT2D eigenvalue weighted by molar-refractivity contribution is 0.0699. The number of H-pyrrole nitrogens is 1. The molecular formula is C20H22N4O3S. The van der Waals surface area contributed by atoms with Crippen LogP contribution in [0.5, 0.6) is 0 Å². The maximum absolute atomic E-state index is 13.0. The molecule has 0 radical (unpaired) electrons. The third kappa shape index (κ3) is 3.18. The van der Waals surface area contributed by atoms with Crippen LogP contribution in [0, 0.1) is 13.8 Å². The normalized spacial score (nSPS) is 15.9. The molecule has 146 valence electrons. The van der Waals surface area contributed by atoms with Crippen molar-refractivity contribution in [2.24, 2.45) is 0 Å². The molecule has 2 heterocycles. The summed E-state index contributed by atoms with van der Waals surface area (Å²) in [7, 11) is -3.57. The molecule has 28 heavy (non-hydrogen) atoms. The number of amides is 1. The van der Waals surface area contributed by atoms with Crippen molar-refractivity contribution in [1.82, 2.24) is 19.4 Å². The van der Waals surface area contributed by atoms with Gasteiger partial charge in [-0.2, -0.15) is 9.40 Å².